The second kappa shape index (κ2) is 10.9. The molecule has 234 valence electrons. The second-order valence-corrected chi connectivity index (χ2v) is 13.8. The first-order chi connectivity index (χ1) is 20.6. The zero-order valence-corrected chi connectivity index (χ0v) is 26.4. The molecule has 0 saturated carbocycles. The van der Waals surface area contributed by atoms with Crippen LogP contribution in [0.15, 0.2) is 46.3 Å². The van der Waals surface area contributed by atoms with E-state index in [4.69, 9.17) is 16.3 Å². The number of halogens is 4. The SMILES string of the molecule is C[C@@H]1CN(c2nc(=O)n3c4c(c(Cl)c(C(F)(F)F)cc24)SC[C@@H](n2cnc4ccccc42)C3)C[C@H](C)N1C(=O)OC(C)(C)C. The van der Waals surface area contributed by atoms with Gasteiger partial charge in [-0.1, -0.05) is 23.7 Å². The molecular formula is C30H32ClF3N6O3S. The van der Waals surface area contributed by atoms with Gasteiger partial charge in [-0.25, -0.2) is 14.6 Å². The number of para-hydroxylation sites is 2. The first-order valence-corrected chi connectivity index (χ1v) is 15.6. The van der Waals surface area contributed by atoms with Crippen LogP contribution in [0, 0.1) is 0 Å². The molecule has 0 N–H and O–H groups in total. The van der Waals surface area contributed by atoms with E-state index in [-0.39, 0.29) is 53.9 Å². The van der Waals surface area contributed by atoms with E-state index in [0.29, 0.717) is 11.3 Å². The van der Waals surface area contributed by atoms with Crippen molar-refractivity contribution in [2.75, 3.05) is 23.7 Å². The third kappa shape index (κ3) is 5.38. The van der Waals surface area contributed by atoms with E-state index in [1.54, 1.807) is 36.9 Å². The van der Waals surface area contributed by atoms with Gasteiger partial charge < -0.3 is 14.2 Å². The van der Waals surface area contributed by atoms with Crippen LogP contribution in [-0.4, -0.2) is 66.6 Å². The van der Waals surface area contributed by atoms with Gasteiger partial charge in [0, 0.05) is 30.8 Å². The van der Waals surface area contributed by atoms with Gasteiger partial charge in [-0.15, -0.1) is 11.8 Å². The van der Waals surface area contributed by atoms with Crippen molar-refractivity contribution in [3.63, 3.8) is 0 Å². The Morgan fingerprint density at radius 1 is 1.09 bits per heavy atom. The molecule has 2 aromatic carbocycles. The average molecular weight is 649 g/mol. The van der Waals surface area contributed by atoms with Crippen LogP contribution in [0.25, 0.3) is 21.9 Å². The molecule has 1 fully saturated rings. The van der Waals surface area contributed by atoms with Crippen molar-refractivity contribution in [2.45, 2.75) is 76.0 Å². The van der Waals surface area contributed by atoms with E-state index in [0.717, 1.165) is 17.1 Å². The summed E-state index contributed by atoms with van der Waals surface area (Å²) < 4.78 is 52.1. The number of benzene rings is 2. The number of carbonyl (C=O) groups is 1. The number of ether oxygens (including phenoxy) is 1. The molecule has 2 aromatic heterocycles. The van der Waals surface area contributed by atoms with E-state index >= 15 is 0 Å². The average Bonchev–Trinajstić information content (AvgIpc) is 3.23. The zero-order valence-electron chi connectivity index (χ0n) is 24.9. The number of nitrogens with zero attached hydrogens (tertiary/aromatic N) is 6. The van der Waals surface area contributed by atoms with E-state index in [1.165, 1.54) is 16.3 Å². The third-order valence-corrected chi connectivity index (χ3v) is 9.70. The lowest BCUT2D eigenvalue weighted by Crippen LogP contribution is -2.59. The fraction of sp³-hybridized carbons (Fsp3) is 0.467. The minimum absolute atomic E-state index is 0.138. The van der Waals surface area contributed by atoms with Gasteiger partial charge in [0.05, 0.1) is 56.5 Å². The molecule has 0 bridgehead atoms. The Morgan fingerprint density at radius 2 is 1.77 bits per heavy atom. The number of rotatable bonds is 2. The van der Waals surface area contributed by atoms with Crippen LogP contribution in [0.3, 0.4) is 0 Å². The first-order valence-electron chi connectivity index (χ1n) is 14.3. The molecule has 44 heavy (non-hydrogen) atoms. The van der Waals surface area contributed by atoms with Gasteiger partial charge >= 0.3 is 18.0 Å². The fourth-order valence-corrected chi connectivity index (χ4v) is 7.80. The second-order valence-electron chi connectivity index (χ2n) is 12.4. The number of fused-ring (bicyclic) bond motifs is 1. The molecule has 2 aliphatic heterocycles. The van der Waals surface area contributed by atoms with E-state index in [1.807, 2.05) is 42.7 Å². The number of anilines is 1. The van der Waals surface area contributed by atoms with Crippen molar-refractivity contribution in [3.05, 3.63) is 57.7 Å². The Hall–Kier alpha value is -3.45. The summed E-state index contributed by atoms with van der Waals surface area (Å²) in [5.74, 6) is 0.495. The standard InChI is InChI=1S/C30H32ClF3N6O3S/c1-16-11-37(12-17(2)40(16)28(42)43-29(3,4)5)26-19-10-20(30(32,33)34)23(31)25-24(19)38(27(41)36-26)13-18(14-44-25)39-15-35-21-8-6-7-9-22(21)39/h6-10,15-18H,11-14H2,1-5H3/t16-,17+,18-/m0/s1. The fourth-order valence-electron chi connectivity index (χ4n) is 6.17. The monoisotopic (exact) mass is 648 g/mol. The number of hydrogen-bond donors (Lipinski definition) is 0. The van der Waals surface area contributed by atoms with Crippen LogP contribution in [0.5, 0.6) is 0 Å². The number of carbonyl (C=O) groups excluding carboxylic acids is 1. The smallest absolute Gasteiger partial charge is 0.417 e. The van der Waals surface area contributed by atoms with Crippen molar-refractivity contribution in [2.24, 2.45) is 0 Å². The third-order valence-electron chi connectivity index (χ3n) is 7.95. The Kier molecular flexibility index (Phi) is 7.55. The summed E-state index contributed by atoms with van der Waals surface area (Å²) in [4.78, 5) is 39.2. The molecular weight excluding hydrogens is 617 g/mol. The lowest BCUT2D eigenvalue weighted by Gasteiger charge is -2.45. The molecule has 4 aromatic rings. The lowest BCUT2D eigenvalue weighted by atomic mass is 10.1. The van der Waals surface area contributed by atoms with Crippen LogP contribution in [0.4, 0.5) is 23.8 Å². The minimum atomic E-state index is -4.73. The molecule has 1 amide bonds. The van der Waals surface area contributed by atoms with Crippen molar-refractivity contribution in [3.8, 4) is 0 Å². The summed E-state index contributed by atoms with van der Waals surface area (Å²) in [6.45, 7) is 9.68. The number of imidazole rings is 1. The van der Waals surface area contributed by atoms with Crippen LogP contribution in [0.2, 0.25) is 5.02 Å². The number of aromatic nitrogens is 4. The number of hydrogen-bond acceptors (Lipinski definition) is 7. The van der Waals surface area contributed by atoms with Crippen molar-refractivity contribution in [1.29, 1.82) is 0 Å². The topological polar surface area (TPSA) is 85.5 Å². The van der Waals surface area contributed by atoms with Crippen LogP contribution in [-0.2, 0) is 17.5 Å². The highest BCUT2D eigenvalue weighted by molar-refractivity contribution is 7.99. The Bertz CT molecular complexity index is 1820. The maximum atomic E-state index is 14.4. The largest absolute Gasteiger partial charge is 0.444 e. The van der Waals surface area contributed by atoms with Crippen molar-refractivity contribution < 1.29 is 22.7 Å². The van der Waals surface area contributed by atoms with E-state index in [9.17, 15) is 22.8 Å². The van der Waals surface area contributed by atoms with Gasteiger partial charge in [-0.05, 0) is 52.8 Å². The van der Waals surface area contributed by atoms with Gasteiger partial charge in [0.2, 0.25) is 0 Å². The quantitative estimate of drug-likeness (QED) is 0.242. The summed E-state index contributed by atoms with van der Waals surface area (Å²) in [6.07, 6.45) is -3.52. The molecule has 0 spiro atoms. The number of thioether (sulfide) groups is 1. The van der Waals surface area contributed by atoms with Crippen LogP contribution < -0.4 is 10.6 Å². The first kappa shape index (κ1) is 30.6. The zero-order chi connectivity index (χ0) is 31.7. The number of piperazine rings is 1. The molecule has 9 nitrogen and oxygen atoms in total. The number of alkyl halides is 3. The molecule has 0 unspecified atom stereocenters. The highest BCUT2D eigenvalue weighted by Gasteiger charge is 2.40. The Balaban J connectivity index is 1.47. The Morgan fingerprint density at radius 3 is 2.43 bits per heavy atom. The van der Waals surface area contributed by atoms with Crippen molar-refractivity contribution >= 4 is 57.2 Å². The molecule has 6 rings (SSSR count). The summed E-state index contributed by atoms with van der Waals surface area (Å²) >= 11 is 7.69. The number of amides is 1. The molecule has 1 saturated heterocycles. The van der Waals surface area contributed by atoms with E-state index < -0.39 is 34.1 Å². The maximum absolute atomic E-state index is 14.4. The lowest BCUT2D eigenvalue weighted by molar-refractivity contribution is -0.137. The normalized spacial score (nSPS) is 21.2. The summed E-state index contributed by atoms with van der Waals surface area (Å²) in [7, 11) is 0. The molecule has 3 atom stereocenters. The summed E-state index contributed by atoms with van der Waals surface area (Å²) in [5.41, 5.74) is -0.310. The molecule has 0 aliphatic carbocycles. The molecule has 14 heteroatoms. The maximum Gasteiger partial charge on any atom is 0.417 e. The highest BCUT2D eigenvalue weighted by Crippen LogP contribution is 2.47. The molecule has 4 heterocycles. The minimum Gasteiger partial charge on any atom is -0.444 e. The molecule has 0 radical (unpaired) electrons. The molecule has 2 aliphatic rings. The van der Waals surface area contributed by atoms with Gasteiger partial charge in [0.15, 0.2) is 0 Å². The summed E-state index contributed by atoms with van der Waals surface area (Å²) in [6, 6.07) is 7.51. The van der Waals surface area contributed by atoms with Gasteiger partial charge in [0.25, 0.3) is 0 Å². The van der Waals surface area contributed by atoms with Crippen molar-refractivity contribution in [1.82, 2.24) is 24.0 Å². The predicted octanol–water partition coefficient (Wildman–Crippen LogP) is 6.60. The van der Waals surface area contributed by atoms with Gasteiger partial charge in [-0.3, -0.25) is 9.47 Å². The van der Waals surface area contributed by atoms with Crippen LogP contribution in [0.1, 0.15) is 46.2 Å². The van der Waals surface area contributed by atoms with Crippen LogP contribution >= 0.6 is 23.4 Å². The van der Waals surface area contributed by atoms with Gasteiger partial charge in [0.1, 0.15) is 11.4 Å². The van der Waals surface area contributed by atoms with E-state index in [2.05, 4.69) is 9.97 Å². The summed E-state index contributed by atoms with van der Waals surface area (Å²) in [5, 5.41) is -0.252. The highest BCUT2D eigenvalue weighted by atomic mass is 35.5. The van der Waals surface area contributed by atoms with Gasteiger partial charge in [-0.2, -0.15) is 18.2 Å². The Labute approximate surface area is 260 Å². The predicted molar refractivity (Wildman–Crippen MR) is 165 cm³/mol.